The Balaban J connectivity index is 2.91. The molecule has 1 N–H and O–H groups in total. The maximum absolute atomic E-state index is 11.9. The van der Waals surface area contributed by atoms with Crippen molar-refractivity contribution in [3.8, 4) is 0 Å². The van der Waals surface area contributed by atoms with Crippen LogP contribution in [-0.2, 0) is 0 Å². The number of rotatable bonds is 3. The monoisotopic (exact) mass is 254 g/mol. The molecule has 1 rings (SSSR count). The molecule has 0 aliphatic heterocycles. The molecule has 0 bridgehead atoms. The van der Waals surface area contributed by atoms with E-state index in [1.807, 2.05) is 5.32 Å². The third kappa shape index (κ3) is 3.54. The van der Waals surface area contributed by atoms with Gasteiger partial charge in [0.1, 0.15) is 12.2 Å². The number of alkyl halides is 3. The number of aromatic carboxylic acids is 1. The van der Waals surface area contributed by atoms with Crippen LogP contribution in [0.3, 0.4) is 0 Å². The van der Waals surface area contributed by atoms with Crippen molar-refractivity contribution in [2.75, 3.05) is 11.9 Å². The Morgan fingerprint density at radius 3 is 2.69 bits per heavy atom. The Morgan fingerprint density at radius 2 is 2.19 bits per heavy atom. The standard InChI is InChI=1S/C7H5ClF3N3O2/c8-6-12-1-3(4(14-6)5(15)16)13-2-7(9,10)11/h1,13H,2H2,(H,15,16)/p-1. The maximum atomic E-state index is 11.9. The second kappa shape index (κ2) is 4.52. The molecule has 9 heteroatoms. The number of nitrogens with one attached hydrogen (secondary N) is 1. The number of hydrogen-bond donors (Lipinski definition) is 1. The molecular formula is C7H4ClF3N3O2-. The normalized spacial score (nSPS) is 11.2. The highest BCUT2D eigenvalue weighted by atomic mass is 35.5. The Labute approximate surface area is 92.3 Å². The number of anilines is 1. The first kappa shape index (κ1) is 12.5. The summed E-state index contributed by atoms with van der Waals surface area (Å²) in [4.78, 5) is 17.1. The summed E-state index contributed by atoms with van der Waals surface area (Å²) in [6.07, 6.45) is -3.64. The van der Waals surface area contributed by atoms with Crippen LogP contribution in [0.25, 0.3) is 0 Å². The fraction of sp³-hybridized carbons (Fsp3) is 0.286. The summed E-state index contributed by atoms with van der Waals surface area (Å²) in [7, 11) is 0. The maximum Gasteiger partial charge on any atom is 0.405 e. The summed E-state index contributed by atoms with van der Waals surface area (Å²) in [5, 5.41) is 12.0. The average Bonchev–Trinajstić information content (AvgIpc) is 2.14. The first-order chi connectivity index (χ1) is 7.29. The lowest BCUT2D eigenvalue weighted by Crippen LogP contribution is -2.28. The number of carbonyl (C=O) groups is 1. The highest BCUT2D eigenvalue weighted by molar-refractivity contribution is 6.28. The van der Waals surface area contributed by atoms with Crippen molar-refractivity contribution >= 4 is 23.3 Å². The minimum atomic E-state index is -4.48. The minimum absolute atomic E-state index is 0.392. The molecule has 1 heterocycles. The molecule has 0 aromatic carbocycles. The summed E-state index contributed by atoms with van der Waals surface area (Å²) in [6.45, 7) is -1.40. The van der Waals surface area contributed by atoms with E-state index in [0.29, 0.717) is 0 Å². The third-order valence-electron chi connectivity index (χ3n) is 1.43. The first-order valence-corrected chi connectivity index (χ1v) is 4.22. The first-order valence-electron chi connectivity index (χ1n) is 3.84. The lowest BCUT2D eigenvalue weighted by atomic mass is 10.3. The van der Waals surface area contributed by atoms with Gasteiger partial charge in [0.05, 0.1) is 17.9 Å². The second-order valence-corrected chi connectivity index (χ2v) is 3.00. The van der Waals surface area contributed by atoms with E-state index in [4.69, 9.17) is 11.6 Å². The summed E-state index contributed by atoms with van der Waals surface area (Å²) in [5.41, 5.74) is -1.12. The zero-order valence-electron chi connectivity index (χ0n) is 7.51. The molecule has 0 saturated heterocycles. The topological polar surface area (TPSA) is 77.9 Å². The van der Waals surface area contributed by atoms with E-state index in [9.17, 15) is 23.1 Å². The molecule has 0 spiro atoms. The Bertz CT molecular complexity index is 410. The van der Waals surface area contributed by atoms with Crippen LogP contribution in [0, 0.1) is 0 Å². The number of hydrogen-bond acceptors (Lipinski definition) is 5. The van der Waals surface area contributed by atoms with Crippen LogP contribution < -0.4 is 10.4 Å². The summed E-state index contributed by atoms with van der Waals surface area (Å²) < 4.78 is 35.6. The van der Waals surface area contributed by atoms with Crippen LogP contribution in [0.1, 0.15) is 10.5 Å². The molecule has 0 atom stereocenters. The number of aromatic nitrogens is 2. The van der Waals surface area contributed by atoms with Gasteiger partial charge in [0.2, 0.25) is 5.28 Å². The lowest BCUT2D eigenvalue weighted by molar-refractivity contribution is -0.255. The van der Waals surface area contributed by atoms with Gasteiger partial charge in [-0.05, 0) is 11.6 Å². The molecule has 0 unspecified atom stereocenters. The molecule has 0 radical (unpaired) electrons. The van der Waals surface area contributed by atoms with E-state index >= 15 is 0 Å². The van der Waals surface area contributed by atoms with Crippen LogP contribution in [-0.4, -0.2) is 28.7 Å². The van der Waals surface area contributed by atoms with Gasteiger partial charge in [-0.25, -0.2) is 9.97 Å². The molecule has 0 saturated carbocycles. The van der Waals surface area contributed by atoms with Gasteiger partial charge in [0.25, 0.3) is 0 Å². The number of carboxylic acid groups (broad SMARTS) is 1. The molecule has 0 aliphatic carbocycles. The minimum Gasteiger partial charge on any atom is -0.543 e. The zero-order chi connectivity index (χ0) is 12.3. The van der Waals surface area contributed by atoms with Gasteiger partial charge in [-0.1, -0.05) is 0 Å². The number of halogens is 4. The van der Waals surface area contributed by atoms with Gasteiger partial charge < -0.3 is 15.2 Å². The predicted molar refractivity (Wildman–Crippen MR) is 45.9 cm³/mol. The van der Waals surface area contributed by atoms with Gasteiger partial charge in [-0.2, -0.15) is 13.2 Å². The van der Waals surface area contributed by atoms with Gasteiger partial charge >= 0.3 is 6.18 Å². The molecule has 0 aliphatic rings. The summed E-state index contributed by atoms with van der Waals surface area (Å²) >= 11 is 5.29. The smallest absolute Gasteiger partial charge is 0.405 e. The molecule has 0 amide bonds. The number of carbonyl (C=O) groups excluding carboxylic acids is 1. The van der Waals surface area contributed by atoms with Gasteiger partial charge in [0.15, 0.2) is 0 Å². The summed E-state index contributed by atoms with van der Waals surface area (Å²) in [5.74, 6) is -1.74. The Morgan fingerprint density at radius 1 is 1.56 bits per heavy atom. The second-order valence-electron chi connectivity index (χ2n) is 2.66. The number of nitrogens with zero attached hydrogens (tertiary/aromatic N) is 2. The lowest BCUT2D eigenvalue weighted by Gasteiger charge is -2.12. The SMILES string of the molecule is O=C([O-])c1nc(Cl)ncc1NCC(F)(F)F. The average molecular weight is 255 g/mol. The van der Waals surface area contributed by atoms with Gasteiger partial charge in [-0.15, -0.1) is 0 Å². The quantitative estimate of drug-likeness (QED) is 0.793. The number of carboxylic acids is 1. The van der Waals surface area contributed by atoms with E-state index < -0.39 is 35.4 Å². The largest absolute Gasteiger partial charge is 0.543 e. The summed E-state index contributed by atoms with van der Waals surface area (Å²) in [6, 6.07) is 0. The van der Waals surface area contributed by atoms with E-state index in [1.165, 1.54) is 0 Å². The van der Waals surface area contributed by atoms with Gasteiger partial charge in [0, 0.05) is 0 Å². The highest BCUT2D eigenvalue weighted by Crippen LogP contribution is 2.18. The highest BCUT2D eigenvalue weighted by Gasteiger charge is 2.27. The van der Waals surface area contributed by atoms with Crippen molar-refractivity contribution < 1.29 is 23.1 Å². The van der Waals surface area contributed by atoms with Crippen LogP contribution in [0.15, 0.2) is 6.20 Å². The fourth-order valence-corrected chi connectivity index (χ4v) is 0.974. The van der Waals surface area contributed by atoms with Crippen molar-refractivity contribution in [2.45, 2.75) is 6.18 Å². The third-order valence-corrected chi connectivity index (χ3v) is 1.61. The molecule has 16 heavy (non-hydrogen) atoms. The molecule has 1 aromatic heterocycles. The van der Waals surface area contributed by atoms with E-state index in [2.05, 4.69) is 9.97 Å². The van der Waals surface area contributed by atoms with Crippen LogP contribution in [0.2, 0.25) is 5.28 Å². The predicted octanol–water partition coefficient (Wildman–Crippen LogP) is 0.468. The molecule has 1 aromatic rings. The van der Waals surface area contributed by atoms with E-state index in [1.54, 1.807) is 0 Å². The Hall–Kier alpha value is -1.57. The molecule has 0 fully saturated rings. The van der Waals surface area contributed by atoms with E-state index in [-0.39, 0.29) is 0 Å². The van der Waals surface area contributed by atoms with Crippen molar-refractivity contribution in [1.82, 2.24) is 9.97 Å². The van der Waals surface area contributed by atoms with Gasteiger partial charge in [-0.3, -0.25) is 0 Å². The van der Waals surface area contributed by atoms with Crippen molar-refractivity contribution in [1.29, 1.82) is 0 Å². The van der Waals surface area contributed by atoms with Crippen LogP contribution in [0.4, 0.5) is 18.9 Å². The van der Waals surface area contributed by atoms with Crippen molar-refractivity contribution in [2.24, 2.45) is 0 Å². The molecule has 5 nitrogen and oxygen atoms in total. The van der Waals surface area contributed by atoms with Crippen LogP contribution >= 0.6 is 11.6 Å². The zero-order valence-corrected chi connectivity index (χ0v) is 8.26. The van der Waals surface area contributed by atoms with E-state index in [0.717, 1.165) is 6.20 Å². The van der Waals surface area contributed by atoms with Crippen molar-refractivity contribution in [3.05, 3.63) is 17.2 Å². The molecular weight excluding hydrogens is 251 g/mol. The fourth-order valence-electron chi connectivity index (χ4n) is 0.841. The molecule has 88 valence electrons. The van der Waals surface area contributed by atoms with Crippen LogP contribution in [0.5, 0.6) is 0 Å². The Kier molecular flexibility index (Phi) is 3.53. The van der Waals surface area contributed by atoms with Crippen molar-refractivity contribution in [3.63, 3.8) is 0 Å².